The van der Waals surface area contributed by atoms with Gasteiger partial charge in [-0.2, -0.15) is 0 Å². The predicted molar refractivity (Wildman–Crippen MR) is 193 cm³/mol. The van der Waals surface area contributed by atoms with Crippen LogP contribution < -0.4 is 9.62 Å². The molecule has 0 aliphatic heterocycles. The van der Waals surface area contributed by atoms with Gasteiger partial charge in [0.2, 0.25) is 11.8 Å². The van der Waals surface area contributed by atoms with Crippen molar-refractivity contribution < 1.29 is 18.0 Å². The third-order valence-electron chi connectivity index (χ3n) is 8.34. The van der Waals surface area contributed by atoms with E-state index in [0.29, 0.717) is 20.6 Å². The Kier molecular flexibility index (Phi) is 12.3. The maximum absolute atomic E-state index is 14.7. The summed E-state index contributed by atoms with van der Waals surface area (Å²) in [5.74, 6) is -0.910. The van der Waals surface area contributed by atoms with Crippen LogP contribution in [0.2, 0.25) is 20.1 Å². The molecule has 1 unspecified atom stereocenters. The standard InChI is InChI=1S/C36H35Cl4N3O4S/c37-27-15-17-31(18-16-27)48(46,47)43(30-13-7-10-28(38)22-30)24-35(44)42(23-26-14-19-32(39)33(40)20-26)34(21-25-8-3-1-4-9-25)36(45)41-29-11-5-2-6-12-29/h1,3-4,7-10,13-20,22,29,34H,2,5-6,11-12,21,23-24H2,(H,41,45). The Hall–Kier alpha value is -3.27. The number of nitrogens with one attached hydrogen (secondary N) is 1. The van der Waals surface area contributed by atoms with Gasteiger partial charge in [-0.3, -0.25) is 13.9 Å². The van der Waals surface area contributed by atoms with Crippen LogP contribution in [-0.2, 0) is 32.6 Å². The number of carbonyl (C=O) groups is 2. The van der Waals surface area contributed by atoms with Crippen molar-refractivity contribution in [1.29, 1.82) is 0 Å². The monoisotopic (exact) mass is 745 g/mol. The minimum atomic E-state index is -4.30. The Balaban J connectivity index is 1.57. The maximum Gasteiger partial charge on any atom is 0.264 e. The van der Waals surface area contributed by atoms with Crippen molar-refractivity contribution in [2.24, 2.45) is 0 Å². The van der Waals surface area contributed by atoms with E-state index in [1.165, 1.54) is 35.2 Å². The SMILES string of the molecule is O=C(NC1CCCCC1)C(Cc1ccccc1)N(Cc1ccc(Cl)c(Cl)c1)C(=O)CN(c1cccc(Cl)c1)S(=O)(=O)c1ccc(Cl)cc1. The van der Waals surface area contributed by atoms with Crippen molar-refractivity contribution in [2.75, 3.05) is 10.8 Å². The largest absolute Gasteiger partial charge is 0.352 e. The maximum atomic E-state index is 14.7. The van der Waals surface area contributed by atoms with Crippen LogP contribution in [-0.4, -0.2) is 43.8 Å². The first kappa shape index (κ1) is 36.0. The fraction of sp³-hybridized carbons (Fsp3) is 0.278. The number of carbonyl (C=O) groups excluding carboxylic acids is 2. The molecule has 0 radical (unpaired) electrons. The minimum Gasteiger partial charge on any atom is -0.352 e. The molecule has 1 saturated carbocycles. The zero-order valence-corrected chi connectivity index (χ0v) is 29.8. The van der Waals surface area contributed by atoms with Crippen LogP contribution in [0.25, 0.3) is 0 Å². The van der Waals surface area contributed by atoms with E-state index in [2.05, 4.69) is 5.32 Å². The molecule has 0 saturated heterocycles. The lowest BCUT2D eigenvalue weighted by molar-refractivity contribution is -0.140. The molecule has 7 nitrogen and oxygen atoms in total. The van der Waals surface area contributed by atoms with Gasteiger partial charge in [0, 0.05) is 29.1 Å². The normalized spacial score (nSPS) is 14.2. The van der Waals surface area contributed by atoms with Crippen LogP contribution in [0.1, 0.15) is 43.2 Å². The quantitative estimate of drug-likeness (QED) is 0.157. The number of amides is 2. The molecular formula is C36H35Cl4N3O4S. The Bertz CT molecular complexity index is 1840. The first-order valence-corrected chi connectivity index (χ1v) is 18.6. The molecule has 4 aromatic rings. The van der Waals surface area contributed by atoms with E-state index in [0.717, 1.165) is 42.0 Å². The molecule has 1 atom stereocenters. The summed E-state index contributed by atoms with van der Waals surface area (Å²) in [7, 11) is -4.30. The zero-order chi connectivity index (χ0) is 34.3. The highest BCUT2D eigenvalue weighted by molar-refractivity contribution is 7.92. The van der Waals surface area contributed by atoms with Crippen LogP contribution >= 0.6 is 46.4 Å². The van der Waals surface area contributed by atoms with Crippen LogP contribution in [0.3, 0.4) is 0 Å². The fourth-order valence-corrected chi connectivity index (χ4v) is 7.86. The van der Waals surface area contributed by atoms with Crippen molar-refractivity contribution in [3.63, 3.8) is 0 Å². The van der Waals surface area contributed by atoms with E-state index >= 15 is 0 Å². The first-order valence-electron chi connectivity index (χ1n) is 15.6. The molecule has 12 heteroatoms. The second-order valence-electron chi connectivity index (χ2n) is 11.8. The summed E-state index contributed by atoms with van der Waals surface area (Å²) >= 11 is 24.9. The molecule has 1 aliphatic rings. The average molecular weight is 748 g/mol. The average Bonchev–Trinajstić information content (AvgIpc) is 3.07. The lowest BCUT2D eigenvalue weighted by atomic mass is 9.94. The Morgan fingerprint density at radius 1 is 0.750 bits per heavy atom. The van der Waals surface area contributed by atoms with Crippen LogP contribution in [0, 0.1) is 0 Å². The van der Waals surface area contributed by atoms with Gasteiger partial charge in [0.15, 0.2) is 0 Å². The van der Waals surface area contributed by atoms with E-state index < -0.39 is 28.5 Å². The highest BCUT2D eigenvalue weighted by Gasteiger charge is 2.35. The molecule has 1 aliphatic carbocycles. The summed E-state index contributed by atoms with van der Waals surface area (Å²) in [6.45, 7) is -0.649. The molecule has 0 bridgehead atoms. The summed E-state index contributed by atoms with van der Waals surface area (Å²) < 4.78 is 29.3. The number of benzene rings is 4. The summed E-state index contributed by atoms with van der Waals surface area (Å²) in [4.78, 5) is 30.2. The number of anilines is 1. The van der Waals surface area contributed by atoms with Gasteiger partial charge in [-0.15, -0.1) is 0 Å². The number of nitrogens with zero attached hydrogens (tertiary/aromatic N) is 2. The molecule has 4 aromatic carbocycles. The number of rotatable bonds is 12. The molecule has 252 valence electrons. The first-order chi connectivity index (χ1) is 23.0. The molecule has 2 amide bonds. The molecule has 0 heterocycles. The van der Waals surface area contributed by atoms with Crippen LogP contribution in [0.4, 0.5) is 5.69 Å². The van der Waals surface area contributed by atoms with Crippen LogP contribution in [0.15, 0.2) is 102 Å². The van der Waals surface area contributed by atoms with E-state index in [9.17, 15) is 18.0 Å². The van der Waals surface area contributed by atoms with Crippen molar-refractivity contribution in [3.05, 3.63) is 128 Å². The number of hydrogen-bond donors (Lipinski definition) is 1. The number of sulfonamides is 1. The van der Waals surface area contributed by atoms with E-state index in [1.807, 2.05) is 30.3 Å². The highest BCUT2D eigenvalue weighted by atomic mass is 35.5. The molecule has 1 fully saturated rings. The molecule has 48 heavy (non-hydrogen) atoms. The Labute approximate surface area is 301 Å². The summed E-state index contributed by atoms with van der Waals surface area (Å²) in [5.41, 5.74) is 1.65. The van der Waals surface area contributed by atoms with E-state index in [4.69, 9.17) is 46.4 Å². The predicted octanol–water partition coefficient (Wildman–Crippen LogP) is 8.58. The molecule has 5 rings (SSSR count). The van der Waals surface area contributed by atoms with Crippen molar-refractivity contribution in [3.8, 4) is 0 Å². The fourth-order valence-electron chi connectivity index (χ4n) is 5.83. The lowest BCUT2D eigenvalue weighted by Gasteiger charge is -2.35. The van der Waals surface area contributed by atoms with Gasteiger partial charge in [0.1, 0.15) is 12.6 Å². The second kappa shape index (κ2) is 16.4. The summed E-state index contributed by atoms with van der Waals surface area (Å²) in [6, 6.07) is 25.4. The Morgan fingerprint density at radius 2 is 1.46 bits per heavy atom. The lowest BCUT2D eigenvalue weighted by Crippen LogP contribution is -2.55. The highest BCUT2D eigenvalue weighted by Crippen LogP contribution is 2.29. The summed E-state index contributed by atoms with van der Waals surface area (Å²) in [6.07, 6.45) is 5.05. The van der Waals surface area contributed by atoms with Crippen molar-refractivity contribution in [1.82, 2.24) is 10.2 Å². The smallest absolute Gasteiger partial charge is 0.264 e. The second-order valence-corrected chi connectivity index (χ2v) is 15.3. The van der Waals surface area contributed by atoms with Gasteiger partial charge >= 0.3 is 0 Å². The molecule has 1 N–H and O–H groups in total. The van der Waals surface area contributed by atoms with Gasteiger partial charge < -0.3 is 10.2 Å². The van der Waals surface area contributed by atoms with Crippen molar-refractivity contribution in [2.45, 2.75) is 62.0 Å². The summed E-state index contributed by atoms with van der Waals surface area (Å²) in [5, 5.41) is 4.48. The molecule has 0 spiro atoms. The van der Waals surface area contributed by atoms with Crippen LogP contribution in [0.5, 0.6) is 0 Å². The topological polar surface area (TPSA) is 86.8 Å². The van der Waals surface area contributed by atoms with Gasteiger partial charge in [0.25, 0.3) is 10.0 Å². The zero-order valence-electron chi connectivity index (χ0n) is 26.0. The van der Waals surface area contributed by atoms with E-state index in [1.54, 1.807) is 36.4 Å². The third-order valence-corrected chi connectivity index (χ3v) is 11.4. The molecular weight excluding hydrogens is 712 g/mol. The van der Waals surface area contributed by atoms with Gasteiger partial charge in [-0.25, -0.2) is 8.42 Å². The van der Waals surface area contributed by atoms with E-state index in [-0.39, 0.29) is 40.5 Å². The van der Waals surface area contributed by atoms with Gasteiger partial charge in [-0.05, 0) is 78.6 Å². The Morgan fingerprint density at radius 3 is 2.12 bits per heavy atom. The number of hydrogen-bond acceptors (Lipinski definition) is 4. The third kappa shape index (κ3) is 9.24. The van der Waals surface area contributed by atoms with Gasteiger partial charge in [-0.1, -0.05) is 108 Å². The molecule has 0 aromatic heterocycles. The minimum absolute atomic E-state index is 0.0142. The number of halogens is 4. The van der Waals surface area contributed by atoms with Crippen molar-refractivity contribution >= 4 is 73.9 Å². The van der Waals surface area contributed by atoms with Gasteiger partial charge in [0.05, 0.1) is 20.6 Å².